The Hall–Kier alpha value is -1.60. The first-order chi connectivity index (χ1) is 11.8. The number of sulfonamides is 1. The average Bonchev–Trinajstić information content (AvgIpc) is 2.61. The third-order valence-corrected chi connectivity index (χ3v) is 6.70. The number of amides is 1. The van der Waals surface area contributed by atoms with Crippen molar-refractivity contribution >= 4 is 15.9 Å². The molecule has 1 aliphatic rings. The highest BCUT2D eigenvalue weighted by Crippen LogP contribution is 2.25. The molecule has 1 N–H and O–H groups in total. The van der Waals surface area contributed by atoms with E-state index in [4.69, 9.17) is 4.74 Å². The molecule has 1 heterocycles. The lowest BCUT2D eigenvalue weighted by molar-refractivity contribution is -0.127. The van der Waals surface area contributed by atoms with Gasteiger partial charge in [-0.15, -0.1) is 0 Å². The number of carbonyl (C=O) groups excluding carboxylic acids is 1. The molecule has 1 aromatic rings. The van der Waals surface area contributed by atoms with Crippen molar-refractivity contribution in [2.75, 3.05) is 20.2 Å². The van der Waals surface area contributed by atoms with E-state index in [1.54, 1.807) is 24.3 Å². The molecule has 1 amide bonds. The maximum atomic E-state index is 12.8. The lowest BCUT2D eigenvalue weighted by Crippen LogP contribution is -2.47. The van der Waals surface area contributed by atoms with E-state index in [0.717, 1.165) is 0 Å². The van der Waals surface area contributed by atoms with Crippen LogP contribution in [0.2, 0.25) is 0 Å². The van der Waals surface area contributed by atoms with Crippen molar-refractivity contribution < 1.29 is 17.9 Å². The summed E-state index contributed by atoms with van der Waals surface area (Å²) in [4.78, 5) is 12.7. The average molecular weight is 368 g/mol. The maximum Gasteiger partial charge on any atom is 0.243 e. The summed E-state index contributed by atoms with van der Waals surface area (Å²) in [5.74, 6) is 0.586. The zero-order valence-electron chi connectivity index (χ0n) is 15.4. The van der Waals surface area contributed by atoms with Crippen LogP contribution < -0.4 is 10.1 Å². The van der Waals surface area contributed by atoms with Crippen LogP contribution in [-0.2, 0) is 14.8 Å². The van der Waals surface area contributed by atoms with Crippen LogP contribution >= 0.6 is 0 Å². The van der Waals surface area contributed by atoms with Crippen LogP contribution in [0.4, 0.5) is 0 Å². The number of nitrogens with zero attached hydrogens (tertiary/aromatic N) is 1. The number of ether oxygens (including phenoxy) is 1. The van der Waals surface area contributed by atoms with E-state index in [1.807, 2.05) is 20.8 Å². The molecule has 1 aliphatic heterocycles. The highest BCUT2D eigenvalue weighted by Gasteiger charge is 2.33. The van der Waals surface area contributed by atoms with Crippen molar-refractivity contribution in [3.63, 3.8) is 0 Å². The van der Waals surface area contributed by atoms with E-state index in [0.29, 0.717) is 31.1 Å². The summed E-state index contributed by atoms with van der Waals surface area (Å²) in [7, 11) is -2.06. The highest BCUT2D eigenvalue weighted by atomic mass is 32.2. The topological polar surface area (TPSA) is 75.7 Å². The SMILES string of the molecule is COc1ccc(S(=O)(=O)N2CCC[C@@H](C(=O)N[C@H](C)C(C)C)C2)cc1. The number of benzene rings is 1. The first-order valence-electron chi connectivity index (χ1n) is 8.70. The van der Waals surface area contributed by atoms with E-state index in [-0.39, 0.29) is 29.3 Å². The molecule has 0 aromatic heterocycles. The second-order valence-corrected chi connectivity index (χ2v) is 8.86. The van der Waals surface area contributed by atoms with Gasteiger partial charge in [0.1, 0.15) is 5.75 Å². The third-order valence-electron chi connectivity index (χ3n) is 4.82. The molecule has 7 heteroatoms. The molecule has 0 saturated carbocycles. The predicted octanol–water partition coefficient (Wildman–Crippen LogP) is 2.26. The van der Waals surface area contributed by atoms with Crippen LogP contribution in [-0.4, -0.2) is 44.9 Å². The van der Waals surface area contributed by atoms with Gasteiger partial charge in [-0.2, -0.15) is 4.31 Å². The zero-order chi connectivity index (χ0) is 18.6. The van der Waals surface area contributed by atoms with Gasteiger partial charge in [0.05, 0.1) is 17.9 Å². The minimum Gasteiger partial charge on any atom is -0.497 e. The summed E-state index contributed by atoms with van der Waals surface area (Å²) < 4.78 is 32.2. The minimum absolute atomic E-state index is 0.0594. The molecule has 2 atom stereocenters. The number of hydrogen-bond acceptors (Lipinski definition) is 4. The fraction of sp³-hybridized carbons (Fsp3) is 0.611. The van der Waals surface area contributed by atoms with Gasteiger partial charge in [-0.05, 0) is 49.9 Å². The van der Waals surface area contributed by atoms with Gasteiger partial charge >= 0.3 is 0 Å². The normalized spacial score (nSPS) is 20.3. The Morgan fingerprint density at radius 3 is 2.44 bits per heavy atom. The summed E-state index contributed by atoms with van der Waals surface area (Å²) in [6, 6.07) is 6.41. The van der Waals surface area contributed by atoms with Crippen molar-refractivity contribution in [3.8, 4) is 5.75 Å². The second-order valence-electron chi connectivity index (χ2n) is 6.92. The van der Waals surface area contributed by atoms with Crippen molar-refractivity contribution in [1.82, 2.24) is 9.62 Å². The van der Waals surface area contributed by atoms with Gasteiger partial charge in [0.2, 0.25) is 15.9 Å². The summed E-state index contributed by atoms with van der Waals surface area (Å²) in [6.07, 6.45) is 1.40. The van der Waals surface area contributed by atoms with Crippen LogP contribution in [0.15, 0.2) is 29.2 Å². The number of methoxy groups -OCH3 is 1. The van der Waals surface area contributed by atoms with E-state index >= 15 is 0 Å². The molecule has 6 nitrogen and oxygen atoms in total. The van der Waals surface area contributed by atoms with Crippen LogP contribution in [0, 0.1) is 11.8 Å². The van der Waals surface area contributed by atoms with Crippen LogP contribution in [0.3, 0.4) is 0 Å². The fourth-order valence-corrected chi connectivity index (χ4v) is 4.30. The number of rotatable bonds is 6. The Kier molecular flexibility index (Phi) is 6.46. The quantitative estimate of drug-likeness (QED) is 0.836. The third kappa shape index (κ3) is 4.73. The predicted molar refractivity (Wildman–Crippen MR) is 96.9 cm³/mol. The molecular weight excluding hydrogens is 340 g/mol. The lowest BCUT2D eigenvalue weighted by atomic mass is 9.97. The summed E-state index contributed by atoms with van der Waals surface area (Å²) in [5.41, 5.74) is 0. The molecule has 0 radical (unpaired) electrons. The molecular formula is C18H28N2O4S. The number of piperidine rings is 1. The van der Waals surface area contributed by atoms with Crippen molar-refractivity contribution in [3.05, 3.63) is 24.3 Å². The zero-order valence-corrected chi connectivity index (χ0v) is 16.2. The van der Waals surface area contributed by atoms with Gasteiger partial charge in [-0.3, -0.25) is 4.79 Å². The Balaban J connectivity index is 2.09. The molecule has 0 bridgehead atoms. The Morgan fingerprint density at radius 1 is 1.24 bits per heavy atom. The molecule has 1 saturated heterocycles. The second kappa shape index (κ2) is 8.19. The van der Waals surface area contributed by atoms with E-state index in [2.05, 4.69) is 5.32 Å². The summed E-state index contributed by atoms with van der Waals surface area (Å²) >= 11 is 0. The molecule has 1 fully saturated rings. The number of carbonyl (C=O) groups is 1. The van der Waals surface area contributed by atoms with Crippen LogP contribution in [0.1, 0.15) is 33.6 Å². The minimum atomic E-state index is -3.60. The van der Waals surface area contributed by atoms with E-state index in [1.165, 1.54) is 11.4 Å². The fourth-order valence-electron chi connectivity index (χ4n) is 2.78. The van der Waals surface area contributed by atoms with Gasteiger partial charge in [-0.25, -0.2) is 8.42 Å². The van der Waals surface area contributed by atoms with Crippen molar-refractivity contribution in [1.29, 1.82) is 0 Å². The van der Waals surface area contributed by atoms with Gasteiger partial charge in [0.15, 0.2) is 0 Å². The summed E-state index contributed by atoms with van der Waals surface area (Å²) in [5, 5.41) is 3.00. The molecule has 0 aliphatic carbocycles. The lowest BCUT2D eigenvalue weighted by Gasteiger charge is -2.32. The monoisotopic (exact) mass is 368 g/mol. The highest BCUT2D eigenvalue weighted by molar-refractivity contribution is 7.89. The van der Waals surface area contributed by atoms with Crippen LogP contribution in [0.5, 0.6) is 5.75 Å². The molecule has 0 spiro atoms. The first-order valence-corrected chi connectivity index (χ1v) is 10.1. The Bertz CT molecular complexity index is 686. The Morgan fingerprint density at radius 2 is 1.88 bits per heavy atom. The van der Waals surface area contributed by atoms with E-state index in [9.17, 15) is 13.2 Å². The number of hydrogen-bond donors (Lipinski definition) is 1. The van der Waals surface area contributed by atoms with Crippen LogP contribution in [0.25, 0.3) is 0 Å². The van der Waals surface area contributed by atoms with Crippen molar-refractivity contribution in [2.45, 2.75) is 44.6 Å². The summed E-state index contributed by atoms with van der Waals surface area (Å²) in [6.45, 7) is 6.73. The number of nitrogens with one attached hydrogen (secondary N) is 1. The van der Waals surface area contributed by atoms with Crippen molar-refractivity contribution in [2.24, 2.45) is 11.8 Å². The smallest absolute Gasteiger partial charge is 0.243 e. The Labute approximate surface area is 150 Å². The van der Waals surface area contributed by atoms with Gasteiger partial charge in [-0.1, -0.05) is 13.8 Å². The molecule has 1 aromatic carbocycles. The van der Waals surface area contributed by atoms with Gasteiger partial charge in [0.25, 0.3) is 0 Å². The molecule has 140 valence electrons. The van der Waals surface area contributed by atoms with Gasteiger partial charge < -0.3 is 10.1 Å². The standard InChI is InChI=1S/C18H28N2O4S/c1-13(2)14(3)19-18(21)15-6-5-11-20(12-15)25(22,23)17-9-7-16(24-4)8-10-17/h7-10,13-15H,5-6,11-12H2,1-4H3,(H,19,21)/t14-,15-/m1/s1. The molecule has 2 rings (SSSR count). The van der Waals surface area contributed by atoms with Gasteiger partial charge in [0, 0.05) is 19.1 Å². The van der Waals surface area contributed by atoms with E-state index < -0.39 is 10.0 Å². The first kappa shape index (κ1) is 19.7. The maximum absolute atomic E-state index is 12.8. The largest absolute Gasteiger partial charge is 0.497 e. The molecule has 0 unspecified atom stereocenters. The molecule has 25 heavy (non-hydrogen) atoms.